The predicted molar refractivity (Wildman–Crippen MR) is 85.2 cm³/mol. The molecule has 1 saturated heterocycles. The van der Waals surface area contributed by atoms with Gasteiger partial charge in [-0.25, -0.2) is 0 Å². The Balaban J connectivity index is 1.64. The standard InChI is InChI=1S/C17H32N2O2/c1-21-14-17(9-12-18-13-10-17)16(20)19-11-5-4-8-15-6-2-3-7-15/h15,18H,2-14H2,1H3,(H,19,20). The molecule has 2 N–H and O–H groups in total. The number of carbonyl (C=O) groups excluding carboxylic acids is 1. The van der Waals surface area contributed by atoms with Gasteiger partial charge in [0, 0.05) is 13.7 Å². The van der Waals surface area contributed by atoms with Crippen molar-refractivity contribution in [3.05, 3.63) is 0 Å². The lowest BCUT2D eigenvalue weighted by Crippen LogP contribution is -2.50. The van der Waals surface area contributed by atoms with Gasteiger partial charge in [0.1, 0.15) is 0 Å². The molecule has 1 amide bonds. The van der Waals surface area contributed by atoms with E-state index < -0.39 is 0 Å². The quantitative estimate of drug-likeness (QED) is 0.677. The molecule has 0 aromatic rings. The molecule has 1 aliphatic heterocycles. The molecule has 2 fully saturated rings. The number of ether oxygens (including phenoxy) is 1. The molecule has 2 aliphatic rings. The SMILES string of the molecule is COCC1(C(=O)NCCCCC2CCCC2)CCNCC1. The van der Waals surface area contributed by atoms with Gasteiger partial charge in [0.2, 0.25) is 5.91 Å². The molecule has 1 heterocycles. The minimum Gasteiger partial charge on any atom is -0.384 e. The number of nitrogens with one attached hydrogen (secondary N) is 2. The van der Waals surface area contributed by atoms with Crippen molar-refractivity contribution in [2.45, 2.75) is 57.8 Å². The summed E-state index contributed by atoms with van der Waals surface area (Å²) in [6.07, 6.45) is 11.2. The van der Waals surface area contributed by atoms with Gasteiger partial charge in [0.25, 0.3) is 0 Å². The van der Waals surface area contributed by atoms with Crippen molar-refractivity contribution >= 4 is 5.91 Å². The van der Waals surface area contributed by atoms with Crippen LogP contribution in [0.15, 0.2) is 0 Å². The number of methoxy groups -OCH3 is 1. The summed E-state index contributed by atoms with van der Waals surface area (Å²) in [4.78, 5) is 12.5. The van der Waals surface area contributed by atoms with Crippen molar-refractivity contribution in [2.24, 2.45) is 11.3 Å². The lowest BCUT2D eigenvalue weighted by Gasteiger charge is -2.35. The monoisotopic (exact) mass is 296 g/mol. The molecule has 0 aromatic carbocycles. The van der Waals surface area contributed by atoms with Crippen LogP contribution in [0.25, 0.3) is 0 Å². The van der Waals surface area contributed by atoms with Crippen molar-refractivity contribution < 1.29 is 9.53 Å². The fourth-order valence-electron chi connectivity index (χ4n) is 3.87. The van der Waals surface area contributed by atoms with Crippen molar-refractivity contribution in [3.63, 3.8) is 0 Å². The first-order valence-electron chi connectivity index (χ1n) is 8.75. The second kappa shape index (κ2) is 8.74. The van der Waals surface area contributed by atoms with Gasteiger partial charge in [-0.15, -0.1) is 0 Å². The average molecular weight is 296 g/mol. The molecule has 1 saturated carbocycles. The summed E-state index contributed by atoms with van der Waals surface area (Å²) in [6.45, 7) is 3.20. The third-order valence-corrected chi connectivity index (χ3v) is 5.26. The number of hydrogen-bond donors (Lipinski definition) is 2. The first-order valence-corrected chi connectivity index (χ1v) is 8.75. The Kier molecular flexibility index (Phi) is 6.97. The van der Waals surface area contributed by atoms with Crippen molar-refractivity contribution in [1.82, 2.24) is 10.6 Å². The van der Waals surface area contributed by atoms with Crippen LogP contribution >= 0.6 is 0 Å². The Morgan fingerprint density at radius 1 is 1.24 bits per heavy atom. The largest absolute Gasteiger partial charge is 0.384 e. The Labute approximate surface area is 129 Å². The summed E-state index contributed by atoms with van der Waals surface area (Å²) >= 11 is 0. The molecule has 122 valence electrons. The van der Waals surface area contributed by atoms with Crippen molar-refractivity contribution in [2.75, 3.05) is 33.4 Å². The highest BCUT2D eigenvalue weighted by molar-refractivity contribution is 5.82. The summed E-state index contributed by atoms with van der Waals surface area (Å²) in [5, 5.41) is 6.48. The number of unbranched alkanes of at least 4 members (excludes halogenated alkanes) is 1. The zero-order valence-electron chi connectivity index (χ0n) is 13.6. The van der Waals surface area contributed by atoms with Gasteiger partial charge in [-0.1, -0.05) is 38.5 Å². The minimum atomic E-state index is -0.300. The zero-order valence-corrected chi connectivity index (χ0v) is 13.6. The fraction of sp³-hybridized carbons (Fsp3) is 0.941. The number of hydrogen-bond acceptors (Lipinski definition) is 3. The van der Waals surface area contributed by atoms with Crippen LogP contribution in [-0.4, -0.2) is 39.3 Å². The number of amides is 1. The van der Waals surface area contributed by atoms with Gasteiger partial charge in [-0.2, -0.15) is 0 Å². The van der Waals surface area contributed by atoms with E-state index in [4.69, 9.17) is 4.74 Å². The van der Waals surface area contributed by atoms with Crippen LogP contribution in [0.5, 0.6) is 0 Å². The summed E-state index contributed by atoms with van der Waals surface area (Å²) in [7, 11) is 1.69. The molecule has 2 rings (SSSR count). The van der Waals surface area contributed by atoms with Crippen molar-refractivity contribution in [3.8, 4) is 0 Å². The van der Waals surface area contributed by atoms with Gasteiger partial charge < -0.3 is 15.4 Å². The maximum Gasteiger partial charge on any atom is 0.228 e. The van der Waals surface area contributed by atoms with Crippen LogP contribution in [0.3, 0.4) is 0 Å². The predicted octanol–water partition coefficient (Wildman–Crippen LogP) is 2.48. The molecule has 0 aromatic heterocycles. The van der Waals surface area contributed by atoms with E-state index in [9.17, 15) is 4.79 Å². The molecule has 4 nitrogen and oxygen atoms in total. The number of piperidine rings is 1. The van der Waals surface area contributed by atoms with Crippen LogP contribution < -0.4 is 10.6 Å². The van der Waals surface area contributed by atoms with E-state index >= 15 is 0 Å². The molecular formula is C17H32N2O2. The Bertz CT molecular complexity index is 302. The third kappa shape index (κ3) is 4.96. The van der Waals surface area contributed by atoms with Crippen LogP contribution in [0.1, 0.15) is 57.8 Å². The van der Waals surface area contributed by atoms with E-state index in [1.807, 2.05) is 0 Å². The van der Waals surface area contributed by atoms with Crippen LogP contribution in [0, 0.1) is 11.3 Å². The van der Waals surface area contributed by atoms with Crippen LogP contribution in [0.4, 0.5) is 0 Å². The Hall–Kier alpha value is -0.610. The fourth-order valence-corrected chi connectivity index (χ4v) is 3.87. The zero-order chi connectivity index (χ0) is 15.0. The molecule has 0 unspecified atom stereocenters. The third-order valence-electron chi connectivity index (χ3n) is 5.26. The first-order chi connectivity index (χ1) is 10.3. The first kappa shape index (κ1) is 16.8. The van der Waals surface area contributed by atoms with E-state index in [-0.39, 0.29) is 11.3 Å². The molecule has 0 atom stereocenters. The summed E-state index contributed by atoms with van der Waals surface area (Å²) in [6, 6.07) is 0. The van der Waals surface area contributed by atoms with Gasteiger partial charge in [0.15, 0.2) is 0 Å². The van der Waals surface area contributed by atoms with E-state index in [1.54, 1.807) is 7.11 Å². The van der Waals surface area contributed by atoms with Gasteiger partial charge in [0.05, 0.1) is 12.0 Å². The maximum atomic E-state index is 12.5. The topological polar surface area (TPSA) is 50.4 Å². The highest BCUT2D eigenvalue weighted by atomic mass is 16.5. The van der Waals surface area contributed by atoms with Gasteiger partial charge in [-0.3, -0.25) is 4.79 Å². The van der Waals surface area contributed by atoms with E-state index in [1.165, 1.54) is 38.5 Å². The normalized spacial score (nSPS) is 22.3. The lowest BCUT2D eigenvalue weighted by atomic mass is 9.78. The smallest absolute Gasteiger partial charge is 0.228 e. The molecule has 0 radical (unpaired) electrons. The summed E-state index contributed by atoms with van der Waals surface area (Å²) in [5.41, 5.74) is -0.300. The van der Waals surface area contributed by atoms with Crippen molar-refractivity contribution in [1.29, 1.82) is 0 Å². The molecule has 4 heteroatoms. The highest BCUT2D eigenvalue weighted by Crippen LogP contribution is 2.30. The van der Waals surface area contributed by atoms with E-state index in [2.05, 4.69) is 10.6 Å². The van der Waals surface area contributed by atoms with Crippen LogP contribution in [0.2, 0.25) is 0 Å². The Morgan fingerprint density at radius 3 is 2.62 bits per heavy atom. The summed E-state index contributed by atoms with van der Waals surface area (Å²) in [5.74, 6) is 1.16. The highest BCUT2D eigenvalue weighted by Gasteiger charge is 2.39. The molecule has 0 bridgehead atoms. The average Bonchev–Trinajstić information content (AvgIpc) is 3.01. The maximum absolute atomic E-state index is 12.5. The minimum absolute atomic E-state index is 0.201. The Morgan fingerprint density at radius 2 is 1.95 bits per heavy atom. The van der Waals surface area contributed by atoms with E-state index in [0.717, 1.165) is 44.8 Å². The second-order valence-electron chi connectivity index (χ2n) is 6.87. The number of carbonyl (C=O) groups is 1. The summed E-state index contributed by atoms with van der Waals surface area (Å²) < 4.78 is 5.31. The van der Waals surface area contributed by atoms with Crippen LogP contribution in [-0.2, 0) is 9.53 Å². The molecular weight excluding hydrogens is 264 g/mol. The second-order valence-corrected chi connectivity index (χ2v) is 6.87. The molecule has 0 spiro atoms. The molecule has 21 heavy (non-hydrogen) atoms. The lowest BCUT2D eigenvalue weighted by molar-refractivity contribution is -0.136. The van der Waals surface area contributed by atoms with Gasteiger partial charge >= 0.3 is 0 Å². The number of rotatable bonds is 8. The molecule has 1 aliphatic carbocycles. The van der Waals surface area contributed by atoms with E-state index in [0.29, 0.717) is 6.61 Å². The van der Waals surface area contributed by atoms with Gasteiger partial charge in [-0.05, 0) is 38.3 Å².